The van der Waals surface area contributed by atoms with Crippen molar-refractivity contribution in [3.8, 4) is 0 Å². The molecule has 0 spiro atoms. The maximum Gasteiger partial charge on any atom is 0.123 e. The van der Waals surface area contributed by atoms with Crippen LogP contribution in [0.2, 0.25) is 0 Å². The van der Waals surface area contributed by atoms with Crippen molar-refractivity contribution >= 4 is 0 Å². The zero-order chi connectivity index (χ0) is 11.6. The standard InChI is InChI=1S/C12H17FO2/c1-8-4-5-10(13)6-9(8)7-11(14)12(2,3)15/h4-6,11,14-15H,7H2,1-3H3. The lowest BCUT2D eigenvalue weighted by Gasteiger charge is -2.25. The first-order valence-electron chi connectivity index (χ1n) is 4.96. The molecule has 0 bridgehead atoms. The van der Waals surface area contributed by atoms with Crippen LogP contribution in [-0.4, -0.2) is 21.9 Å². The summed E-state index contributed by atoms with van der Waals surface area (Å²) in [5.74, 6) is -0.321. The van der Waals surface area contributed by atoms with Crippen LogP contribution in [0.1, 0.15) is 25.0 Å². The smallest absolute Gasteiger partial charge is 0.123 e. The number of aryl methyl sites for hydroxylation is 1. The van der Waals surface area contributed by atoms with Crippen molar-refractivity contribution in [1.82, 2.24) is 0 Å². The third-order valence-electron chi connectivity index (χ3n) is 2.54. The summed E-state index contributed by atoms with van der Waals surface area (Å²) in [6, 6.07) is 4.45. The number of hydrogen-bond donors (Lipinski definition) is 2. The van der Waals surface area contributed by atoms with E-state index in [9.17, 15) is 14.6 Å². The second-order valence-electron chi connectivity index (χ2n) is 4.44. The van der Waals surface area contributed by atoms with Gasteiger partial charge in [-0.15, -0.1) is 0 Å². The first-order chi connectivity index (χ1) is 6.80. The van der Waals surface area contributed by atoms with Gasteiger partial charge in [0.15, 0.2) is 0 Å². The van der Waals surface area contributed by atoms with E-state index in [1.54, 1.807) is 6.07 Å². The molecule has 0 saturated heterocycles. The predicted octanol–water partition coefficient (Wildman–Crippen LogP) is 1.81. The fraction of sp³-hybridized carbons (Fsp3) is 0.500. The van der Waals surface area contributed by atoms with E-state index in [1.807, 2.05) is 6.92 Å². The van der Waals surface area contributed by atoms with Crippen molar-refractivity contribution in [1.29, 1.82) is 0 Å². The summed E-state index contributed by atoms with van der Waals surface area (Å²) in [5, 5.41) is 19.2. The average Bonchev–Trinajstić information content (AvgIpc) is 2.09. The molecule has 84 valence electrons. The molecule has 0 fully saturated rings. The molecule has 3 heteroatoms. The van der Waals surface area contributed by atoms with Gasteiger partial charge in [-0.25, -0.2) is 4.39 Å². The minimum atomic E-state index is -1.17. The van der Waals surface area contributed by atoms with Crippen LogP contribution < -0.4 is 0 Å². The van der Waals surface area contributed by atoms with Crippen molar-refractivity contribution in [2.45, 2.75) is 38.9 Å². The van der Waals surface area contributed by atoms with E-state index in [-0.39, 0.29) is 12.2 Å². The van der Waals surface area contributed by atoms with Crippen LogP contribution in [0.3, 0.4) is 0 Å². The molecule has 0 saturated carbocycles. The van der Waals surface area contributed by atoms with E-state index in [1.165, 1.54) is 26.0 Å². The van der Waals surface area contributed by atoms with Crippen LogP contribution in [0.15, 0.2) is 18.2 Å². The van der Waals surface area contributed by atoms with Gasteiger partial charge in [0.25, 0.3) is 0 Å². The van der Waals surface area contributed by atoms with Gasteiger partial charge < -0.3 is 10.2 Å². The second kappa shape index (κ2) is 4.29. The topological polar surface area (TPSA) is 40.5 Å². The SMILES string of the molecule is Cc1ccc(F)cc1CC(O)C(C)(C)O. The highest BCUT2D eigenvalue weighted by Gasteiger charge is 2.25. The zero-order valence-corrected chi connectivity index (χ0v) is 9.29. The summed E-state index contributed by atoms with van der Waals surface area (Å²) in [6.07, 6.45) is -0.634. The molecule has 15 heavy (non-hydrogen) atoms. The van der Waals surface area contributed by atoms with Crippen LogP contribution in [-0.2, 0) is 6.42 Å². The summed E-state index contributed by atoms with van der Waals surface area (Å²) in [4.78, 5) is 0. The van der Waals surface area contributed by atoms with Crippen molar-refractivity contribution < 1.29 is 14.6 Å². The van der Waals surface area contributed by atoms with Gasteiger partial charge in [-0.1, -0.05) is 6.07 Å². The molecule has 0 heterocycles. The van der Waals surface area contributed by atoms with Crippen LogP contribution >= 0.6 is 0 Å². The molecule has 2 nitrogen and oxygen atoms in total. The third kappa shape index (κ3) is 3.29. The molecule has 0 aliphatic carbocycles. The molecular weight excluding hydrogens is 195 g/mol. The number of rotatable bonds is 3. The van der Waals surface area contributed by atoms with E-state index in [2.05, 4.69) is 0 Å². The van der Waals surface area contributed by atoms with Gasteiger partial charge in [-0.05, 0) is 44.0 Å². The van der Waals surface area contributed by atoms with Crippen LogP contribution in [0.4, 0.5) is 4.39 Å². The molecule has 2 N–H and O–H groups in total. The predicted molar refractivity (Wildman–Crippen MR) is 57.1 cm³/mol. The molecule has 1 atom stereocenters. The van der Waals surface area contributed by atoms with Crippen molar-refractivity contribution in [3.63, 3.8) is 0 Å². The number of aliphatic hydroxyl groups excluding tert-OH is 1. The minimum absolute atomic E-state index is 0.257. The third-order valence-corrected chi connectivity index (χ3v) is 2.54. The van der Waals surface area contributed by atoms with Crippen molar-refractivity contribution in [3.05, 3.63) is 35.1 Å². The fourth-order valence-corrected chi connectivity index (χ4v) is 1.32. The quantitative estimate of drug-likeness (QED) is 0.802. The van der Waals surface area contributed by atoms with Gasteiger partial charge in [0.05, 0.1) is 11.7 Å². The van der Waals surface area contributed by atoms with Gasteiger partial charge in [0.2, 0.25) is 0 Å². The van der Waals surface area contributed by atoms with Gasteiger partial charge in [-0.2, -0.15) is 0 Å². The first-order valence-corrected chi connectivity index (χ1v) is 4.96. The van der Waals surface area contributed by atoms with Crippen LogP contribution in [0.25, 0.3) is 0 Å². The highest BCUT2D eigenvalue weighted by molar-refractivity contribution is 5.27. The number of hydrogen-bond acceptors (Lipinski definition) is 2. The van der Waals surface area contributed by atoms with Crippen molar-refractivity contribution in [2.75, 3.05) is 0 Å². The van der Waals surface area contributed by atoms with Crippen molar-refractivity contribution in [2.24, 2.45) is 0 Å². The fourth-order valence-electron chi connectivity index (χ4n) is 1.32. The summed E-state index contributed by atoms with van der Waals surface area (Å²) in [6.45, 7) is 4.92. The Balaban J connectivity index is 2.85. The van der Waals surface area contributed by atoms with E-state index in [4.69, 9.17) is 0 Å². The molecular formula is C12H17FO2. The van der Waals surface area contributed by atoms with E-state index < -0.39 is 11.7 Å². The molecule has 1 aromatic rings. The van der Waals surface area contributed by atoms with E-state index >= 15 is 0 Å². The Labute approximate surface area is 89.4 Å². The summed E-state index contributed by atoms with van der Waals surface area (Å²) in [7, 11) is 0. The summed E-state index contributed by atoms with van der Waals surface area (Å²) < 4.78 is 13.0. The van der Waals surface area contributed by atoms with Crippen LogP contribution in [0.5, 0.6) is 0 Å². The maximum atomic E-state index is 13.0. The van der Waals surface area contributed by atoms with E-state index in [0.717, 1.165) is 11.1 Å². The minimum Gasteiger partial charge on any atom is -0.390 e. The molecule has 0 aliphatic heterocycles. The monoisotopic (exact) mass is 212 g/mol. The van der Waals surface area contributed by atoms with E-state index in [0.29, 0.717) is 0 Å². The lowest BCUT2D eigenvalue weighted by atomic mass is 9.93. The normalized spacial score (nSPS) is 14.0. The summed E-state index contributed by atoms with van der Waals surface area (Å²) >= 11 is 0. The average molecular weight is 212 g/mol. The molecule has 0 amide bonds. The Bertz CT molecular complexity index is 342. The Morgan fingerprint density at radius 2 is 2.00 bits per heavy atom. The lowest BCUT2D eigenvalue weighted by molar-refractivity contribution is -0.0470. The maximum absolute atomic E-state index is 13.0. The molecule has 0 aromatic heterocycles. The highest BCUT2D eigenvalue weighted by Crippen LogP contribution is 2.17. The Hall–Kier alpha value is -0.930. The van der Waals surface area contributed by atoms with Gasteiger partial charge >= 0.3 is 0 Å². The number of aliphatic hydroxyl groups is 2. The molecule has 0 aliphatic rings. The van der Waals surface area contributed by atoms with Gasteiger partial charge in [0, 0.05) is 6.42 Å². The number of halogens is 1. The first kappa shape index (κ1) is 12.1. The Morgan fingerprint density at radius 1 is 1.40 bits per heavy atom. The lowest BCUT2D eigenvalue weighted by Crippen LogP contribution is -2.37. The molecule has 1 rings (SSSR count). The Morgan fingerprint density at radius 3 is 2.53 bits per heavy atom. The Kier molecular flexibility index (Phi) is 3.47. The molecule has 1 aromatic carbocycles. The highest BCUT2D eigenvalue weighted by atomic mass is 19.1. The van der Waals surface area contributed by atoms with Gasteiger partial charge in [-0.3, -0.25) is 0 Å². The molecule has 0 radical (unpaired) electrons. The molecule has 1 unspecified atom stereocenters. The zero-order valence-electron chi connectivity index (χ0n) is 9.29. The summed E-state index contributed by atoms with van der Waals surface area (Å²) in [5.41, 5.74) is 0.475. The largest absolute Gasteiger partial charge is 0.390 e. The van der Waals surface area contributed by atoms with Crippen LogP contribution in [0, 0.1) is 12.7 Å². The van der Waals surface area contributed by atoms with Gasteiger partial charge in [0.1, 0.15) is 5.82 Å². The number of benzene rings is 1. The second-order valence-corrected chi connectivity index (χ2v) is 4.44.